The van der Waals surface area contributed by atoms with Crippen LogP contribution in [-0.4, -0.2) is 50.5 Å². The number of likely N-dealkylation sites (tertiary alicyclic amines) is 1. The molecule has 0 atom stereocenters. The Morgan fingerprint density at radius 2 is 1.70 bits per heavy atom. The van der Waals surface area contributed by atoms with Crippen LogP contribution in [0.4, 0.5) is 21.9 Å². The number of allylic oxidation sites excluding steroid dienone is 2. The smallest absolute Gasteiger partial charge is 0.357 e. The number of ether oxygens (including phenoxy) is 2. The van der Waals surface area contributed by atoms with Crippen LogP contribution in [0.25, 0.3) is 16.3 Å². The fourth-order valence-electron chi connectivity index (χ4n) is 6.17. The van der Waals surface area contributed by atoms with Gasteiger partial charge in [0.1, 0.15) is 5.69 Å². The van der Waals surface area contributed by atoms with Crippen molar-refractivity contribution in [1.29, 1.82) is 0 Å². The van der Waals surface area contributed by atoms with E-state index >= 15 is 0 Å². The lowest BCUT2D eigenvalue weighted by molar-refractivity contribution is 0.205. The molecule has 1 aliphatic heterocycles. The van der Waals surface area contributed by atoms with Crippen molar-refractivity contribution in [1.82, 2.24) is 4.90 Å². The lowest BCUT2D eigenvalue weighted by Gasteiger charge is -2.29. The number of nitrogens with two attached hydrogens (primary N) is 2. The Labute approximate surface area is 297 Å². The van der Waals surface area contributed by atoms with Gasteiger partial charge in [0.05, 0.1) is 25.1 Å². The summed E-state index contributed by atoms with van der Waals surface area (Å²) in [5.41, 5.74) is 4.80. The topological polar surface area (TPSA) is 122 Å². The Morgan fingerprint density at radius 1 is 1.02 bits per heavy atom. The molecule has 0 unspecified atom stereocenters. The molecule has 50 heavy (non-hydrogen) atoms. The van der Waals surface area contributed by atoms with Crippen LogP contribution < -0.4 is 31.8 Å². The highest BCUT2D eigenvalue weighted by molar-refractivity contribution is 6.17. The highest BCUT2D eigenvalue weighted by Crippen LogP contribution is 2.41. The monoisotopic (exact) mass is 679 g/mol. The molecule has 10 nitrogen and oxygen atoms in total. The lowest BCUT2D eigenvalue weighted by atomic mass is 9.86. The number of carbonyl (C=O) groups is 1. The van der Waals surface area contributed by atoms with Crippen LogP contribution in [0, 0.1) is 5.92 Å². The van der Waals surface area contributed by atoms with Gasteiger partial charge in [-0.15, -0.1) is 0 Å². The summed E-state index contributed by atoms with van der Waals surface area (Å²) >= 11 is 0. The van der Waals surface area contributed by atoms with Gasteiger partial charge in [-0.3, -0.25) is 9.89 Å². The van der Waals surface area contributed by atoms with Crippen LogP contribution in [0.5, 0.6) is 5.75 Å². The van der Waals surface area contributed by atoms with Crippen LogP contribution in [0.2, 0.25) is 0 Å². The summed E-state index contributed by atoms with van der Waals surface area (Å²) in [7, 11) is 1.53. The van der Waals surface area contributed by atoms with Gasteiger partial charge in [0.2, 0.25) is 0 Å². The minimum Gasteiger partial charge on any atom is -0.492 e. The summed E-state index contributed by atoms with van der Waals surface area (Å²) in [5, 5.41) is 7.03. The molecule has 10 heteroatoms. The Kier molecular flexibility index (Phi) is 11.7. The Balaban J connectivity index is 1.42. The zero-order chi connectivity index (χ0) is 36.0. The second-order valence-corrected chi connectivity index (χ2v) is 14.2. The number of hydrazine groups is 2. The standard InChI is InChI=1S/C40H53N7O3/c1-8-30(24-43-27(2)25-45-20-12-9-13-21-45)32-18-19-36(34-15-11-10-14-33(32)34)46(41)39(48)47(42)37-23-31(40(4,5)6)22-35(38(37)49-7)44-28(3)50-26-29-16-17-29/h8,10-11,14-15,18-19,22-24,29,44H,2-3,9,12-13,16-17,20-21,25-26,41-42H2,1,4-7H3/b30-8+,43-24?. The fraction of sp³-hybridized carbons (Fsp3) is 0.400. The Hall–Kier alpha value is -4.64. The molecule has 2 aliphatic rings. The van der Waals surface area contributed by atoms with Crippen LogP contribution in [0.15, 0.2) is 84.3 Å². The zero-order valence-corrected chi connectivity index (χ0v) is 30.3. The third-order valence-electron chi connectivity index (χ3n) is 9.30. The molecule has 1 heterocycles. The van der Waals surface area contributed by atoms with Gasteiger partial charge in [0.25, 0.3) is 0 Å². The van der Waals surface area contributed by atoms with Gasteiger partial charge in [0.15, 0.2) is 11.6 Å². The highest BCUT2D eigenvalue weighted by Gasteiger charge is 2.28. The Bertz CT molecular complexity index is 1780. The van der Waals surface area contributed by atoms with E-state index in [0.717, 1.165) is 75.7 Å². The number of urea groups is 1. The second kappa shape index (κ2) is 15.9. The van der Waals surface area contributed by atoms with Crippen LogP contribution in [0.1, 0.15) is 70.9 Å². The van der Waals surface area contributed by atoms with Crippen molar-refractivity contribution in [3.63, 3.8) is 0 Å². The minimum atomic E-state index is -0.649. The molecular weight excluding hydrogens is 626 g/mol. The highest BCUT2D eigenvalue weighted by atomic mass is 16.5. The first-order valence-corrected chi connectivity index (χ1v) is 17.5. The van der Waals surface area contributed by atoms with Gasteiger partial charge in [-0.2, -0.15) is 0 Å². The largest absolute Gasteiger partial charge is 0.492 e. The number of amides is 2. The first kappa shape index (κ1) is 36.6. The van der Waals surface area contributed by atoms with Crippen molar-refractivity contribution >= 4 is 45.7 Å². The number of benzene rings is 3. The average molecular weight is 680 g/mol. The first-order chi connectivity index (χ1) is 23.9. The van der Waals surface area contributed by atoms with Gasteiger partial charge < -0.3 is 14.8 Å². The van der Waals surface area contributed by atoms with E-state index in [2.05, 4.69) is 44.1 Å². The van der Waals surface area contributed by atoms with Crippen LogP contribution >= 0.6 is 0 Å². The quantitative estimate of drug-likeness (QED) is 0.0549. The number of nitrogens with one attached hydrogen (secondary N) is 1. The summed E-state index contributed by atoms with van der Waals surface area (Å²) in [5.74, 6) is 14.5. The molecule has 0 spiro atoms. The number of carbonyl (C=O) groups excluding carboxylic acids is 1. The Morgan fingerprint density at radius 3 is 2.34 bits per heavy atom. The number of anilines is 3. The molecule has 2 amide bonds. The summed E-state index contributed by atoms with van der Waals surface area (Å²) < 4.78 is 11.7. The number of rotatable bonds is 13. The van der Waals surface area contributed by atoms with Crippen molar-refractivity contribution in [2.45, 2.75) is 65.2 Å². The third kappa shape index (κ3) is 8.74. The van der Waals surface area contributed by atoms with Crippen molar-refractivity contribution < 1.29 is 14.3 Å². The molecule has 1 saturated heterocycles. The van der Waals surface area contributed by atoms with E-state index in [-0.39, 0.29) is 5.41 Å². The lowest BCUT2D eigenvalue weighted by Crippen LogP contribution is -2.51. The summed E-state index contributed by atoms with van der Waals surface area (Å²) in [6.45, 7) is 20.0. The molecule has 266 valence electrons. The molecule has 5 N–H and O–H groups in total. The number of aliphatic imine (C=N–C) groups is 1. The number of nitrogens with zero attached hydrogens (tertiary/aromatic N) is 4. The van der Waals surface area contributed by atoms with E-state index in [4.69, 9.17) is 26.2 Å². The average Bonchev–Trinajstić information content (AvgIpc) is 3.94. The van der Waals surface area contributed by atoms with Crippen LogP contribution in [-0.2, 0) is 10.2 Å². The number of fused-ring (bicyclic) bond motifs is 1. The molecule has 1 aliphatic carbocycles. The van der Waals surface area contributed by atoms with E-state index in [9.17, 15) is 4.79 Å². The molecule has 0 bridgehead atoms. The van der Waals surface area contributed by atoms with Crippen molar-refractivity contribution in [2.24, 2.45) is 22.6 Å². The van der Waals surface area contributed by atoms with E-state index in [0.29, 0.717) is 41.2 Å². The van der Waals surface area contributed by atoms with Crippen molar-refractivity contribution in [3.05, 3.63) is 90.5 Å². The number of methoxy groups -OCH3 is 1. The summed E-state index contributed by atoms with van der Waals surface area (Å²) in [6, 6.07) is 14.8. The molecule has 3 aromatic carbocycles. The number of piperidine rings is 1. The minimum absolute atomic E-state index is 0.278. The molecular formula is C40H53N7O3. The summed E-state index contributed by atoms with van der Waals surface area (Å²) in [6.07, 6.45) is 9.95. The van der Waals surface area contributed by atoms with E-state index < -0.39 is 6.03 Å². The molecule has 1 saturated carbocycles. The SMILES string of the molecule is C=C(CN1CCCCC1)N=C/C(=C\C)c1ccc(N(N)C(=O)N(N)c2cc(C(C)(C)C)cc(NC(=C)OCC3CC3)c2OC)c2ccccc12. The van der Waals surface area contributed by atoms with Crippen molar-refractivity contribution in [2.75, 3.05) is 48.7 Å². The molecule has 3 aromatic rings. The maximum Gasteiger partial charge on any atom is 0.357 e. The third-order valence-corrected chi connectivity index (χ3v) is 9.30. The number of hydrogen-bond donors (Lipinski definition) is 3. The van der Waals surface area contributed by atoms with Gasteiger partial charge in [-0.25, -0.2) is 26.5 Å². The van der Waals surface area contributed by atoms with E-state index in [1.165, 1.54) is 26.4 Å². The maximum absolute atomic E-state index is 14.1. The first-order valence-electron chi connectivity index (χ1n) is 17.5. The van der Waals surface area contributed by atoms with Gasteiger partial charge in [0, 0.05) is 23.8 Å². The van der Waals surface area contributed by atoms with Gasteiger partial charge in [-0.05, 0) is 104 Å². The molecule has 2 fully saturated rings. The van der Waals surface area contributed by atoms with Gasteiger partial charge in [-0.1, -0.05) is 70.2 Å². The second-order valence-electron chi connectivity index (χ2n) is 14.2. The maximum atomic E-state index is 14.1. The number of hydrogen-bond acceptors (Lipinski definition) is 8. The summed E-state index contributed by atoms with van der Waals surface area (Å²) in [4.78, 5) is 21.2. The van der Waals surface area contributed by atoms with E-state index in [1.807, 2.05) is 67.7 Å². The molecule has 0 radical (unpaired) electrons. The fourth-order valence-corrected chi connectivity index (χ4v) is 6.17. The van der Waals surface area contributed by atoms with E-state index in [1.54, 1.807) is 0 Å². The molecule has 0 aromatic heterocycles. The molecule has 5 rings (SSSR count). The predicted molar refractivity (Wildman–Crippen MR) is 207 cm³/mol. The zero-order valence-electron chi connectivity index (χ0n) is 30.3. The van der Waals surface area contributed by atoms with Crippen molar-refractivity contribution in [3.8, 4) is 5.75 Å². The predicted octanol–water partition coefficient (Wildman–Crippen LogP) is 8.11. The van der Waals surface area contributed by atoms with Crippen LogP contribution in [0.3, 0.4) is 0 Å². The van der Waals surface area contributed by atoms with Gasteiger partial charge >= 0.3 is 6.03 Å². The normalized spacial score (nSPS) is 15.6.